The number of benzene rings is 2. The summed E-state index contributed by atoms with van der Waals surface area (Å²) >= 11 is 0. The molecule has 3 fully saturated rings. The molecule has 65 heavy (non-hydrogen) atoms. The molecule has 4 amide bonds. The number of aryl methyl sites for hydroxylation is 1. The average molecular weight is 893 g/mol. The van der Waals surface area contributed by atoms with Crippen molar-refractivity contribution in [2.45, 2.75) is 83.5 Å². The molecule has 0 spiro atoms. The second kappa shape index (κ2) is 17.5. The van der Waals surface area contributed by atoms with Crippen LogP contribution in [0.4, 0.5) is 36.1 Å². The molecule has 8 heterocycles. The maximum Gasteiger partial charge on any atom is 0.264 e. The molecule has 2 aromatic carbocycles. The van der Waals surface area contributed by atoms with E-state index in [0.717, 1.165) is 36.1 Å². The van der Waals surface area contributed by atoms with Gasteiger partial charge in [-0.2, -0.15) is 5.10 Å². The van der Waals surface area contributed by atoms with E-state index in [2.05, 4.69) is 25.2 Å². The lowest BCUT2D eigenvalue weighted by Gasteiger charge is -2.36. The van der Waals surface area contributed by atoms with Gasteiger partial charge in [0.1, 0.15) is 18.4 Å². The summed E-state index contributed by atoms with van der Waals surface area (Å²) in [4.78, 5) is 62.1. The fourth-order valence-corrected chi connectivity index (χ4v) is 10.2. The Hall–Kier alpha value is -6.43. The maximum atomic E-state index is 15.4. The van der Waals surface area contributed by atoms with Crippen LogP contribution in [0.2, 0.25) is 0 Å². The third-order valence-electron chi connectivity index (χ3n) is 13.7. The van der Waals surface area contributed by atoms with E-state index in [-0.39, 0.29) is 42.3 Å². The Morgan fingerprint density at radius 3 is 2.49 bits per heavy atom. The number of piperazine rings is 1. The van der Waals surface area contributed by atoms with Crippen LogP contribution >= 0.6 is 0 Å². The largest absolute Gasteiger partial charge is 0.381 e. The molecule has 3 aromatic heterocycles. The van der Waals surface area contributed by atoms with Crippen LogP contribution in [0.15, 0.2) is 55.0 Å². The number of rotatable bonds is 9. The van der Waals surface area contributed by atoms with Gasteiger partial charge in [-0.1, -0.05) is 0 Å². The molecule has 5 aliphatic heterocycles. The van der Waals surface area contributed by atoms with Crippen LogP contribution in [0.3, 0.4) is 0 Å². The van der Waals surface area contributed by atoms with Crippen molar-refractivity contribution in [3.8, 4) is 11.1 Å². The van der Waals surface area contributed by atoms with Crippen molar-refractivity contribution in [2.75, 3.05) is 67.6 Å². The Labute approximate surface area is 373 Å². The van der Waals surface area contributed by atoms with E-state index in [9.17, 15) is 19.2 Å². The molecule has 5 aliphatic rings. The van der Waals surface area contributed by atoms with E-state index >= 15 is 13.2 Å². The number of amides is 4. The van der Waals surface area contributed by atoms with Gasteiger partial charge in [-0.3, -0.25) is 34.2 Å². The number of fused-ring (bicyclic) bond motifs is 3. The number of piperidine rings is 1. The van der Waals surface area contributed by atoms with Gasteiger partial charge in [0.2, 0.25) is 23.6 Å². The Balaban J connectivity index is 0.889. The Morgan fingerprint density at radius 2 is 1.74 bits per heavy atom. The number of alkyl halides is 2. The summed E-state index contributed by atoms with van der Waals surface area (Å²) in [6.45, 7) is 5.92. The molecule has 5 aromatic rings. The average Bonchev–Trinajstić information content (AvgIpc) is 3.88. The van der Waals surface area contributed by atoms with E-state index in [1.165, 1.54) is 6.07 Å². The van der Waals surface area contributed by atoms with E-state index in [1.807, 2.05) is 15.9 Å². The summed E-state index contributed by atoms with van der Waals surface area (Å²) in [7, 11) is 0. The van der Waals surface area contributed by atoms with Gasteiger partial charge in [0.25, 0.3) is 6.43 Å². The molecule has 0 saturated carbocycles. The SMILES string of the molecule is CC(=O)N1CCc2c(c(N3CCCc4cc(-c5cn(CC(=O)N6CCN(c7ccc(NC8CCC(=O)NC8=O)cc7F)CC6)c6ccncc56)c(C(F)F)cc43)nn2C2CCOCC2)C1. The molecular weight excluding hydrogens is 842 g/mol. The predicted octanol–water partition coefficient (Wildman–Crippen LogP) is 5.88. The number of hydrogen-bond donors (Lipinski definition) is 2. The van der Waals surface area contributed by atoms with Crippen LogP contribution in [0.1, 0.15) is 73.9 Å². The van der Waals surface area contributed by atoms with Crippen LogP contribution in [0.25, 0.3) is 22.0 Å². The van der Waals surface area contributed by atoms with Gasteiger partial charge in [0.05, 0.1) is 23.8 Å². The summed E-state index contributed by atoms with van der Waals surface area (Å²) in [6.07, 6.45) is 6.56. The fraction of sp³-hybridized carbons (Fsp3) is 0.447. The first-order valence-electron chi connectivity index (χ1n) is 22.5. The quantitative estimate of drug-likeness (QED) is 0.172. The lowest BCUT2D eigenvalue weighted by molar-refractivity contribution is -0.134. The van der Waals surface area contributed by atoms with Crippen LogP contribution in [-0.2, 0) is 49.8 Å². The van der Waals surface area contributed by atoms with Gasteiger partial charge >= 0.3 is 0 Å². The van der Waals surface area contributed by atoms with Gasteiger partial charge < -0.3 is 34.2 Å². The normalized spacial score (nSPS) is 19.4. The number of aromatic nitrogens is 4. The van der Waals surface area contributed by atoms with Crippen molar-refractivity contribution in [3.63, 3.8) is 0 Å². The minimum atomic E-state index is -2.81. The standard InChI is InChI=1S/C47H51F3N10O5/c1-28(61)57-14-9-40-36(26-57)46(54-60(40)31-10-19-65-20-11-31)59-13-2-3-29-21-32(33(45(49)50)23-42(29)59)35-25-58(39-8-12-51-24-34(35)39)27-44(63)56-17-15-55(16-18-56)41-6-4-30(22-37(41)48)52-38-5-7-43(62)53-47(38)64/h4,6,8,12,21-25,31,38,45,52H,2-3,5,7,9-11,13-20,26-27H2,1H3,(H,53,62,64). The first-order valence-corrected chi connectivity index (χ1v) is 22.5. The van der Waals surface area contributed by atoms with E-state index in [4.69, 9.17) is 9.84 Å². The third-order valence-corrected chi connectivity index (χ3v) is 13.7. The number of halogens is 3. The number of ether oxygens (including phenoxy) is 1. The molecule has 3 saturated heterocycles. The monoisotopic (exact) mass is 892 g/mol. The zero-order valence-electron chi connectivity index (χ0n) is 36.2. The lowest BCUT2D eigenvalue weighted by Crippen LogP contribution is -2.49. The summed E-state index contributed by atoms with van der Waals surface area (Å²) in [5.74, 6) is -0.689. The minimum absolute atomic E-state index is 0.0130. The predicted molar refractivity (Wildman–Crippen MR) is 237 cm³/mol. The zero-order valence-corrected chi connectivity index (χ0v) is 36.2. The Bertz CT molecular complexity index is 2690. The second-order valence-electron chi connectivity index (χ2n) is 17.6. The number of hydrogen-bond acceptors (Lipinski definition) is 10. The van der Waals surface area contributed by atoms with Crippen LogP contribution in [0, 0.1) is 5.82 Å². The summed E-state index contributed by atoms with van der Waals surface area (Å²) in [6, 6.07) is 9.46. The highest BCUT2D eigenvalue weighted by molar-refractivity contribution is 6.01. The Kier molecular flexibility index (Phi) is 11.5. The number of imide groups is 1. The van der Waals surface area contributed by atoms with Gasteiger partial charge in [0, 0.05) is 130 Å². The van der Waals surface area contributed by atoms with Crippen molar-refractivity contribution in [2.24, 2.45) is 0 Å². The topological polar surface area (TPSA) is 150 Å². The molecule has 340 valence electrons. The lowest BCUT2D eigenvalue weighted by atomic mass is 9.91. The van der Waals surface area contributed by atoms with Crippen molar-refractivity contribution in [1.29, 1.82) is 0 Å². The van der Waals surface area contributed by atoms with Crippen LogP contribution in [0.5, 0.6) is 0 Å². The number of carbonyl (C=O) groups is 4. The molecule has 1 unspecified atom stereocenters. The van der Waals surface area contributed by atoms with Crippen LogP contribution < -0.4 is 20.4 Å². The molecule has 15 nitrogen and oxygen atoms in total. The van der Waals surface area contributed by atoms with Gasteiger partial charge in [-0.15, -0.1) is 0 Å². The number of nitrogens with zero attached hydrogens (tertiary/aromatic N) is 8. The van der Waals surface area contributed by atoms with E-state index in [1.54, 1.807) is 59.2 Å². The zero-order chi connectivity index (χ0) is 44.9. The highest BCUT2D eigenvalue weighted by Gasteiger charge is 2.35. The van der Waals surface area contributed by atoms with Crippen molar-refractivity contribution in [1.82, 2.24) is 34.4 Å². The molecule has 18 heteroatoms. The first kappa shape index (κ1) is 42.5. The van der Waals surface area contributed by atoms with E-state index in [0.29, 0.717) is 123 Å². The highest BCUT2D eigenvalue weighted by atomic mass is 19.3. The molecule has 2 N–H and O–H groups in total. The van der Waals surface area contributed by atoms with E-state index < -0.39 is 24.2 Å². The minimum Gasteiger partial charge on any atom is -0.381 e. The highest BCUT2D eigenvalue weighted by Crippen LogP contribution is 2.45. The summed E-state index contributed by atoms with van der Waals surface area (Å²) in [5.41, 5.74) is 5.98. The molecule has 10 rings (SSSR count). The number of pyridine rings is 1. The fourth-order valence-electron chi connectivity index (χ4n) is 10.2. The third kappa shape index (κ3) is 8.16. The van der Waals surface area contributed by atoms with Crippen LogP contribution in [-0.4, -0.2) is 111 Å². The molecule has 0 aliphatic carbocycles. The van der Waals surface area contributed by atoms with Gasteiger partial charge in [-0.05, 0) is 79.6 Å². The van der Waals surface area contributed by atoms with Crippen molar-refractivity contribution in [3.05, 3.63) is 83.2 Å². The molecule has 0 bridgehead atoms. The van der Waals surface area contributed by atoms with Crippen molar-refractivity contribution < 1.29 is 37.1 Å². The van der Waals surface area contributed by atoms with Gasteiger partial charge in [-0.25, -0.2) is 13.2 Å². The number of carbonyl (C=O) groups excluding carboxylic acids is 4. The second-order valence-corrected chi connectivity index (χ2v) is 17.6. The molecule has 1 atom stereocenters. The smallest absolute Gasteiger partial charge is 0.264 e. The first-order chi connectivity index (χ1) is 31.5. The summed E-state index contributed by atoms with van der Waals surface area (Å²) in [5, 5.41) is 11.2. The summed E-state index contributed by atoms with van der Waals surface area (Å²) < 4.78 is 55.8. The number of anilines is 4. The number of nitrogens with one attached hydrogen (secondary N) is 2. The van der Waals surface area contributed by atoms with Crippen molar-refractivity contribution >= 4 is 57.4 Å². The molecular formula is C47H51F3N10O5. The Morgan fingerprint density at radius 1 is 0.923 bits per heavy atom. The van der Waals surface area contributed by atoms with Gasteiger partial charge in [0.15, 0.2) is 5.82 Å². The maximum absolute atomic E-state index is 15.4. The molecule has 0 radical (unpaired) electrons.